The summed E-state index contributed by atoms with van der Waals surface area (Å²) in [7, 11) is 0. The lowest BCUT2D eigenvalue weighted by molar-refractivity contribution is 0.0977. The molecule has 1 aromatic carbocycles. The first-order chi connectivity index (χ1) is 7.99. The number of carbonyl (C=O) groups is 2. The van der Waals surface area contributed by atoms with E-state index in [0.29, 0.717) is 11.0 Å². The number of fused-ring (bicyclic) bond motifs is 1. The van der Waals surface area contributed by atoms with Crippen LogP contribution in [0.25, 0.3) is 11.0 Å². The minimum atomic E-state index is -0.781. The molecule has 0 unspecified atom stereocenters. The van der Waals surface area contributed by atoms with Gasteiger partial charge in [-0.25, -0.2) is 4.79 Å². The fourth-order valence-corrected chi connectivity index (χ4v) is 1.63. The van der Waals surface area contributed by atoms with Crippen LogP contribution in [-0.4, -0.2) is 11.9 Å². The van der Waals surface area contributed by atoms with Crippen molar-refractivity contribution in [3.63, 3.8) is 0 Å². The highest BCUT2D eigenvalue weighted by molar-refractivity contribution is 6.10. The van der Waals surface area contributed by atoms with Gasteiger partial charge in [-0.3, -0.25) is 4.79 Å². The number of benzene rings is 1. The van der Waals surface area contributed by atoms with Crippen molar-refractivity contribution in [1.29, 1.82) is 0 Å². The zero-order valence-electron chi connectivity index (χ0n) is 9.11. The smallest absolute Gasteiger partial charge is 0.316 e. The summed E-state index contributed by atoms with van der Waals surface area (Å²) >= 11 is 0. The molecule has 3 amide bonds. The van der Waals surface area contributed by atoms with Crippen LogP contribution in [0.5, 0.6) is 0 Å². The number of hydrogen-bond donors (Lipinski definition) is 3. The van der Waals surface area contributed by atoms with Crippen molar-refractivity contribution in [3.05, 3.63) is 29.5 Å². The van der Waals surface area contributed by atoms with E-state index in [1.165, 1.54) is 0 Å². The topological polar surface area (TPSA) is 111 Å². The molecule has 0 atom stereocenters. The van der Waals surface area contributed by atoms with Crippen molar-refractivity contribution in [2.75, 3.05) is 5.32 Å². The van der Waals surface area contributed by atoms with Crippen LogP contribution in [0, 0.1) is 6.92 Å². The Balaban J connectivity index is 2.72. The maximum atomic E-state index is 11.2. The van der Waals surface area contributed by atoms with Gasteiger partial charge in [-0.05, 0) is 19.1 Å². The van der Waals surface area contributed by atoms with E-state index in [9.17, 15) is 9.59 Å². The average molecular weight is 233 g/mol. The maximum Gasteiger partial charge on any atom is 0.316 e. The van der Waals surface area contributed by atoms with Gasteiger partial charge >= 0.3 is 6.03 Å². The Hall–Kier alpha value is -2.50. The summed E-state index contributed by atoms with van der Waals surface area (Å²) in [6.07, 6.45) is 0. The summed E-state index contributed by atoms with van der Waals surface area (Å²) in [5.74, 6) is -0.869. The van der Waals surface area contributed by atoms with E-state index >= 15 is 0 Å². The van der Waals surface area contributed by atoms with Gasteiger partial charge in [0.1, 0.15) is 11.3 Å². The molecule has 17 heavy (non-hydrogen) atoms. The second-order valence-electron chi connectivity index (χ2n) is 3.66. The highest BCUT2D eigenvalue weighted by atomic mass is 16.3. The minimum Gasteiger partial charge on any atom is -0.449 e. The number of primary amides is 2. The van der Waals surface area contributed by atoms with Gasteiger partial charge in [0.25, 0.3) is 5.91 Å². The highest BCUT2D eigenvalue weighted by Crippen LogP contribution is 2.31. The monoisotopic (exact) mass is 233 g/mol. The summed E-state index contributed by atoms with van der Waals surface area (Å²) in [6, 6.07) is 4.52. The molecule has 6 nitrogen and oxygen atoms in total. The first kappa shape index (κ1) is 11.0. The number of rotatable bonds is 2. The molecule has 0 aliphatic heterocycles. The fraction of sp³-hybridized carbons (Fsp3) is 0.0909. The van der Waals surface area contributed by atoms with E-state index < -0.39 is 11.9 Å². The lowest BCUT2D eigenvalue weighted by atomic mass is 10.1. The molecule has 0 saturated carbocycles. The van der Waals surface area contributed by atoms with Crippen LogP contribution in [0.2, 0.25) is 0 Å². The SMILES string of the molecule is Cc1ccc2oc(C(N)=O)c(NC(N)=O)c2c1. The normalized spacial score (nSPS) is 10.4. The lowest BCUT2D eigenvalue weighted by Crippen LogP contribution is -2.21. The molecule has 2 aromatic rings. The summed E-state index contributed by atoms with van der Waals surface area (Å²) in [5.41, 5.74) is 11.8. The van der Waals surface area contributed by atoms with Crippen LogP contribution in [0.3, 0.4) is 0 Å². The second kappa shape index (κ2) is 3.82. The molecule has 0 spiro atoms. The predicted molar refractivity (Wildman–Crippen MR) is 62.7 cm³/mol. The Kier molecular flexibility index (Phi) is 2.47. The molecule has 1 heterocycles. The standard InChI is InChI=1S/C11H11N3O3/c1-5-2-3-7-6(4-5)8(14-11(13)16)9(17-7)10(12)15/h2-4H,1H3,(H2,12,15)(H3,13,14,16). The van der Waals surface area contributed by atoms with Gasteiger partial charge in [0, 0.05) is 5.39 Å². The van der Waals surface area contributed by atoms with Crippen LogP contribution in [0.15, 0.2) is 22.6 Å². The van der Waals surface area contributed by atoms with Gasteiger partial charge in [-0.2, -0.15) is 0 Å². The number of nitrogens with two attached hydrogens (primary N) is 2. The average Bonchev–Trinajstić information content (AvgIpc) is 2.56. The number of nitrogens with one attached hydrogen (secondary N) is 1. The minimum absolute atomic E-state index is 0.107. The van der Waals surface area contributed by atoms with E-state index in [-0.39, 0.29) is 11.4 Å². The molecule has 2 rings (SSSR count). The van der Waals surface area contributed by atoms with Gasteiger partial charge in [-0.1, -0.05) is 11.6 Å². The van der Waals surface area contributed by atoms with Crippen LogP contribution in [0.4, 0.5) is 10.5 Å². The van der Waals surface area contributed by atoms with Crippen LogP contribution in [-0.2, 0) is 0 Å². The first-order valence-corrected chi connectivity index (χ1v) is 4.88. The quantitative estimate of drug-likeness (QED) is 0.727. The van der Waals surface area contributed by atoms with Crippen LogP contribution >= 0.6 is 0 Å². The molecule has 6 heteroatoms. The Bertz CT molecular complexity index is 616. The Morgan fingerprint density at radius 2 is 2.00 bits per heavy atom. The number of hydrogen-bond acceptors (Lipinski definition) is 3. The van der Waals surface area contributed by atoms with Gasteiger partial charge in [0.2, 0.25) is 5.76 Å². The molecule has 0 fully saturated rings. The molecule has 0 aliphatic rings. The second-order valence-corrected chi connectivity index (χ2v) is 3.66. The number of furan rings is 1. The molecule has 88 valence electrons. The molecule has 0 aliphatic carbocycles. The molecule has 5 N–H and O–H groups in total. The third-order valence-electron chi connectivity index (χ3n) is 2.32. The third kappa shape index (κ3) is 1.92. The number of anilines is 1. The predicted octanol–water partition coefficient (Wildman–Crippen LogP) is 1.33. The maximum absolute atomic E-state index is 11.2. The molecule has 0 radical (unpaired) electrons. The van der Waals surface area contributed by atoms with E-state index in [0.717, 1.165) is 5.56 Å². The fourth-order valence-electron chi connectivity index (χ4n) is 1.63. The molecule has 0 bridgehead atoms. The number of urea groups is 1. The molecule has 0 saturated heterocycles. The zero-order valence-corrected chi connectivity index (χ0v) is 9.11. The molecule has 1 aromatic heterocycles. The Morgan fingerprint density at radius 3 is 2.59 bits per heavy atom. The number of amides is 3. The summed E-state index contributed by atoms with van der Waals surface area (Å²) < 4.78 is 5.27. The first-order valence-electron chi connectivity index (χ1n) is 4.88. The third-order valence-corrected chi connectivity index (χ3v) is 2.32. The largest absolute Gasteiger partial charge is 0.449 e. The van der Waals surface area contributed by atoms with Gasteiger partial charge in [0.05, 0.1) is 0 Å². The lowest BCUT2D eigenvalue weighted by Gasteiger charge is -2.00. The zero-order chi connectivity index (χ0) is 12.6. The van der Waals surface area contributed by atoms with Gasteiger partial charge in [0.15, 0.2) is 0 Å². The van der Waals surface area contributed by atoms with Crippen molar-refractivity contribution in [3.8, 4) is 0 Å². The summed E-state index contributed by atoms with van der Waals surface area (Å²) in [6.45, 7) is 1.88. The van der Waals surface area contributed by atoms with Gasteiger partial charge in [-0.15, -0.1) is 0 Å². The van der Waals surface area contributed by atoms with Crippen LogP contribution < -0.4 is 16.8 Å². The van der Waals surface area contributed by atoms with E-state index in [2.05, 4.69) is 5.32 Å². The van der Waals surface area contributed by atoms with E-state index in [1.54, 1.807) is 12.1 Å². The van der Waals surface area contributed by atoms with Crippen molar-refractivity contribution in [2.24, 2.45) is 11.5 Å². The van der Waals surface area contributed by atoms with E-state index in [4.69, 9.17) is 15.9 Å². The molecular weight excluding hydrogens is 222 g/mol. The van der Waals surface area contributed by atoms with Gasteiger partial charge < -0.3 is 21.2 Å². The Morgan fingerprint density at radius 1 is 1.29 bits per heavy atom. The number of carbonyl (C=O) groups excluding carboxylic acids is 2. The van der Waals surface area contributed by atoms with E-state index in [1.807, 2.05) is 13.0 Å². The Labute approximate surface area is 96.6 Å². The highest BCUT2D eigenvalue weighted by Gasteiger charge is 2.19. The number of aryl methyl sites for hydroxylation is 1. The summed E-state index contributed by atoms with van der Waals surface area (Å²) in [5, 5.41) is 2.94. The van der Waals surface area contributed by atoms with Crippen molar-refractivity contribution in [1.82, 2.24) is 0 Å². The molecular formula is C11H11N3O3. The van der Waals surface area contributed by atoms with Crippen molar-refractivity contribution < 1.29 is 14.0 Å². The van der Waals surface area contributed by atoms with Crippen molar-refractivity contribution >= 4 is 28.6 Å². The summed E-state index contributed by atoms with van der Waals surface area (Å²) in [4.78, 5) is 22.1. The van der Waals surface area contributed by atoms with Crippen molar-refractivity contribution in [2.45, 2.75) is 6.92 Å². The van der Waals surface area contributed by atoms with Crippen LogP contribution in [0.1, 0.15) is 16.1 Å².